The van der Waals surface area contributed by atoms with Crippen molar-refractivity contribution in [3.05, 3.63) is 30.1 Å². The number of nitrogens with zero attached hydrogens (tertiary/aromatic N) is 1. The maximum atomic E-state index is 12.0. The molecule has 0 spiro atoms. The SMILES string of the molecule is CC(C)(C)[C@H]1OCC[C@@H]1CNC(=O)CCc1cccnc1. The highest BCUT2D eigenvalue weighted by Gasteiger charge is 2.37. The molecule has 2 atom stereocenters. The first-order chi connectivity index (χ1) is 9.97. The normalized spacial score (nSPS) is 22.2. The van der Waals surface area contributed by atoms with Gasteiger partial charge in [0.25, 0.3) is 0 Å². The molecule has 1 aromatic rings. The van der Waals surface area contributed by atoms with Crippen LogP contribution in [0.1, 0.15) is 39.2 Å². The van der Waals surface area contributed by atoms with Crippen LogP contribution in [-0.2, 0) is 16.0 Å². The highest BCUT2D eigenvalue weighted by molar-refractivity contribution is 5.76. The summed E-state index contributed by atoms with van der Waals surface area (Å²) in [6.07, 6.45) is 6.08. The fourth-order valence-electron chi connectivity index (χ4n) is 2.94. The van der Waals surface area contributed by atoms with E-state index in [2.05, 4.69) is 31.1 Å². The van der Waals surface area contributed by atoms with E-state index in [1.807, 2.05) is 18.3 Å². The van der Waals surface area contributed by atoms with E-state index in [0.717, 1.165) is 25.0 Å². The van der Waals surface area contributed by atoms with Gasteiger partial charge in [0.2, 0.25) is 5.91 Å². The summed E-state index contributed by atoms with van der Waals surface area (Å²) in [5, 5.41) is 3.06. The van der Waals surface area contributed by atoms with Crippen LogP contribution in [-0.4, -0.2) is 30.1 Å². The number of hydrogen-bond donors (Lipinski definition) is 1. The predicted octanol–water partition coefficient (Wildman–Crippen LogP) is 2.58. The van der Waals surface area contributed by atoms with Gasteiger partial charge in [0.1, 0.15) is 0 Å². The minimum absolute atomic E-state index is 0.110. The van der Waals surface area contributed by atoms with Gasteiger partial charge < -0.3 is 10.1 Å². The minimum atomic E-state index is 0.110. The second-order valence-corrected chi connectivity index (χ2v) is 6.87. The third kappa shape index (κ3) is 4.81. The summed E-state index contributed by atoms with van der Waals surface area (Å²) < 4.78 is 5.83. The van der Waals surface area contributed by atoms with Crippen molar-refractivity contribution in [2.45, 2.75) is 46.1 Å². The molecule has 4 nitrogen and oxygen atoms in total. The van der Waals surface area contributed by atoms with Crippen molar-refractivity contribution >= 4 is 5.91 Å². The van der Waals surface area contributed by atoms with Gasteiger partial charge in [0.05, 0.1) is 6.10 Å². The molecule has 0 aliphatic carbocycles. The van der Waals surface area contributed by atoms with Crippen LogP contribution >= 0.6 is 0 Å². The first-order valence-corrected chi connectivity index (χ1v) is 7.74. The van der Waals surface area contributed by atoms with Gasteiger partial charge in [-0.05, 0) is 29.9 Å². The number of carbonyl (C=O) groups excluding carboxylic acids is 1. The van der Waals surface area contributed by atoms with Gasteiger partial charge >= 0.3 is 0 Å². The minimum Gasteiger partial charge on any atom is -0.377 e. The van der Waals surface area contributed by atoms with Crippen LogP contribution in [0.2, 0.25) is 0 Å². The Morgan fingerprint density at radius 2 is 2.29 bits per heavy atom. The number of nitrogens with one attached hydrogen (secondary N) is 1. The molecule has 2 rings (SSSR count). The third-order valence-corrected chi connectivity index (χ3v) is 3.99. The Morgan fingerprint density at radius 3 is 2.95 bits per heavy atom. The topological polar surface area (TPSA) is 51.2 Å². The zero-order valence-electron chi connectivity index (χ0n) is 13.3. The van der Waals surface area contributed by atoms with Crippen LogP contribution in [0.25, 0.3) is 0 Å². The molecule has 1 aliphatic heterocycles. The number of aryl methyl sites for hydroxylation is 1. The lowest BCUT2D eigenvalue weighted by Crippen LogP contribution is -2.38. The zero-order chi connectivity index (χ0) is 15.3. The molecule has 21 heavy (non-hydrogen) atoms. The molecule has 116 valence electrons. The van der Waals surface area contributed by atoms with E-state index >= 15 is 0 Å². The van der Waals surface area contributed by atoms with E-state index in [9.17, 15) is 4.79 Å². The molecular weight excluding hydrogens is 264 g/mol. The van der Waals surface area contributed by atoms with Crippen molar-refractivity contribution in [2.24, 2.45) is 11.3 Å². The number of aromatic nitrogens is 1. The molecule has 0 unspecified atom stereocenters. The molecule has 4 heteroatoms. The Labute approximate surface area is 127 Å². The number of pyridine rings is 1. The lowest BCUT2D eigenvalue weighted by molar-refractivity contribution is -0.121. The Hall–Kier alpha value is -1.42. The maximum absolute atomic E-state index is 12.0. The molecular formula is C17H26N2O2. The molecule has 0 saturated carbocycles. The van der Waals surface area contributed by atoms with E-state index in [4.69, 9.17) is 4.74 Å². The maximum Gasteiger partial charge on any atom is 0.220 e. The van der Waals surface area contributed by atoms with Gasteiger partial charge in [-0.2, -0.15) is 0 Å². The zero-order valence-corrected chi connectivity index (χ0v) is 13.3. The van der Waals surface area contributed by atoms with Crippen LogP contribution in [0.5, 0.6) is 0 Å². The average molecular weight is 290 g/mol. The largest absolute Gasteiger partial charge is 0.377 e. The number of carbonyl (C=O) groups is 1. The highest BCUT2D eigenvalue weighted by Crippen LogP contribution is 2.34. The standard InChI is InChI=1S/C17H26N2O2/c1-17(2,3)16-14(8-10-21-16)12-19-15(20)7-6-13-5-4-9-18-11-13/h4-5,9,11,14,16H,6-8,10,12H2,1-3H3,(H,19,20)/t14-,16+/m1/s1. The number of rotatable bonds is 5. The summed E-state index contributed by atoms with van der Waals surface area (Å²) in [6.45, 7) is 8.10. The smallest absolute Gasteiger partial charge is 0.220 e. The molecule has 1 fully saturated rings. The van der Waals surface area contributed by atoms with Crippen molar-refractivity contribution in [1.29, 1.82) is 0 Å². The van der Waals surface area contributed by atoms with Crippen LogP contribution in [0, 0.1) is 11.3 Å². The fraction of sp³-hybridized carbons (Fsp3) is 0.647. The molecule has 0 bridgehead atoms. The monoisotopic (exact) mass is 290 g/mol. The Balaban J connectivity index is 1.74. The summed E-state index contributed by atoms with van der Waals surface area (Å²) in [6, 6.07) is 3.90. The highest BCUT2D eigenvalue weighted by atomic mass is 16.5. The van der Waals surface area contributed by atoms with Crippen molar-refractivity contribution in [2.75, 3.05) is 13.2 Å². The summed E-state index contributed by atoms with van der Waals surface area (Å²) in [7, 11) is 0. The van der Waals surface area contributed by atoms with Gasteiger partial charge in [-0.15, -0.1) is 0 Å². The van der Waals surface area contributed by atoms with Gasteiger partial charge in [-0.3, -0.25) is 9.78 Å². The van der Waals surface area contributed by atoms with E-state index in [0.29, 0.717) is 18.9 Å². The molecule has 0 aromatic carbocycles. The molecule has 0 radical (unpaired) electrons. The molecule has 1 aromatic heterocycles. The van der Waals surface area contributed by atoms with Crippen LogP contribution in [0.3, 0.4) is 0 Å². The Bertz CT molecular complexity index is 454. The average Bonchev–Trinajstić information content (AvgIpc) is 2.92. The first kappa shape index (κ1) is 16.0. The fourth-order valence-corrected chi connectivity index (χ4v) is 2.94. The van der Waals surface area contributed by atoms with E-state index < -0.39 is 0 Å². The van der Waals surface area contributed by atoms with Gasteiger partial charge in [-0.1, -0.05) is 26.8 Å². The molecule has 2 heterocycles. The van der Waals surface area contributed by atoms with Crippen LogP contribution < -0.4 is 5.32 Å². The van der Waals surface area contributed by atoms with Gasteiger partial charge in [-0.25, -0.2) is 0 Å². The molecule has 1 N–H and O–H groups in total. The van der Waals surface area contributed by atoms with Gasteiger partial charge in [0, 0.05) is 37.9 Å². The van der Waals surface area contributed by atoms with Crippen molar-refractivity contribution < 1.29 is 9.53 Å². The molecule has 1 aliphatic rings. The second-order valence-electron chi connectivity index (χ2n) is 6.87. The van der Waals surface area contributed by atoms with Gasteiger partial charge in [0.15, 0.2) is 0 Å². The van der Waals surface area contributed by atoms with Crippen LogP contribution in [0.15, 0.2) is 24.5 Å². The molecule has 1 saturated heterocycles. The third-order valence-electron chi connectivity index (χ3n) is 3.99. The lowest BCUT2D eigenvalue weighted by Gasteiger charge is -2.31. The number of ether oxygens (including phenoxy) is 1. The first-order valence-electron chi connectivity index (χ1n) is 7.74. The number of hydrogen-bond acceptors (Lipinski definition) is 3. The van der Waals surface area contributed by atoms with E-state index in [1.54, 1.807) is 6.20 Å². The number of amides is 1. The van der Waals surface area contributed by atoms with Crippen LogP contribution in [0.4, 0.5) is 0 Å². The molecule has 1 amide bonds. The summed E-state index contributed by atoms with van der Waals surface area (Å²) in [4.78, 5) is 16.0. The van der Waals surface area contributed by atoms with Crippen molar-refractivity contribution in [3.8, 4) is 0 Å². The van der Waals surface area contributed by atoms with Crippen molar-refractivity contribution in [1.82, 2.24) is 10.3 Å². The van der Waals surface area contributed by atoms with E-state index in [1.165, 1.54) is 0 Å². The summed E-state index contributed by atoms with van der Waals surface area (Å²) in [5.74, 6) is 0.533. The summed E-state index contributed by atoms with van der Waals surface area (Å²) in [5.41, 5.74) is 1.23. The Morgan fingerprint density at radius 1 is 1.48 bits per heavy atom. The summed E-state index contributed by atoms with van der Waals surface area (Å²) >= 11 is 0. The van der Waals surface area contributed by atoms with E-state index in [-0.39, 0.29) is 17.4 Å². The quantitative estimate of drug-likeness (QED) is 0.907. The lowest BCUT2D eigenvalue weighted by atomic mass is 9.81. The second kappa shape index (κ2) is 7.03. The Kier molecular flexibility index (Phi) is 5.34. The predicted molar refractivity (Wildman–Crippen MR) is 82.9 cm³/mol. The van der Waals surface area contributed by atoms with Crippen molar-refractivity contribution in [3.63, 3.8) is 0 Å².